The number of Topliss-reactive ketones (excluding diaryl/α,β-unsaturated/α-hetero) is 3. The molecule has 0 spiro atoms. The summed E-state index contributed by atoms with van der Waals surface area (Å²) in [5.74, 6) is -3.61. The molecule has 0 aliphatic heterocycles. The Morgan fingerprint density at radius 1 is 0.423 bits per heavy atom. The second kappa shape index (κ2) is 31.8. The summed E-state index contributed by atoms with van der Waals surface area (Å²) < 4.78 is 0. The maximum Gasteiger partial charge on any atom is 0.242 e. The van der Waals surface area contributed by atoms with E-state index in [2.05, 4.69) is 20.8 Å². The zero-order valence-electron chi connectivity index (χ0n) is 34.1. The third-order valence-electron chi connectivity index (χ3n) is 11.0. The van der Waals surface area contributed by atoms with Crippen molar-refractivity contribution in [3.63, 3.8) is 0 Å². The van der Waals surface area contributed by atoms with Crippen LogP contribution in [0.15, 0.2) is 0 Å². The Bertz CT molecular complexity index is 922. The molecule has 0 fully saturated rings. The Morgan fingerprint density at radius 3 is 0.981 bits per heavy atom. The summed E-state index contributed by atoms with van der Waals surface area (Å²) in [6.07, 6.45) is 20.0. The molecule has 1 radical (unpaired) electrons. The van der Waals surface area contributed by atoms with Crippen LogP contribution >= 0.6 is 0 Å². The zero-order chi connectivity index (χ0) is 39.1. The Balaban J connectivity index is 6.43. The van der Waals surface area contributed by atoms with E-state index in [4.69, 9.17) is 0 Å². The van der Waals surface area contributed by atoms with Crippen molar-refractivity contribution in [2.24, 2.45) is 5.41 Å². The highest BCUT2D eigenvalue weighted by molar-refractivity contribution is 6.21. The first kappa shape index (κ1) is 50.5. The summed E-state index contributed by atoms with van der Waals surface area (Å²) in [6.45, 7) is 8.48. The topological polar surface area (TPSA) is 149 Å². The molecule has 305 valence electrons. The minimum Gasteiger partial charge on any atom is -0.385 e. The smallest absolute Gasteiger partial charge is 0.242 e. The maximum absolute atomic E-state index is 14.5. The lowest BCUT2D eigenvalue weighted by molar-refractivity contribution is -0.174. The fourth-order valence-electron chi connectivity index (χ4n) is 7.51. The number of aliphatic hydroxyl groups excluding tert-OH is 3. The minimum absolute atomic E-state index is 0.00567. The van der Waals surface area contributed by atoms with E-state index >= 15 is 0 Å². The first-order valence-electron chi connectivity index (χ1n) is 21.8. The van der Waals surface area contributed by atoms with Gasteiger partial charge in [-0.3, -0.25) is 19.2 Å². The number of hydrogen-bond acceptors (Lipinski definition) is 8. The molecule has 0 amide bonds. The molecule has 8 nitrogen and oxygen atoms in total. The van der Waals surface area contributed by atoms with Crippen LogP contribution in [-0.4, -0.2) is 68.0 Å². The largest absolute Gasteiger partial charge is 0.385 e. The number of aliphatic hydroxyl groups is 4. The van der Waals surface area contributed by atoms with Crippen molar-refractivity contribution >= 4 is 23.6 Å². The van der Waals surface area contributed by atoms with Gasteiger partial charge in [-0.05, 0) is 25.7 Å². The van der Waals surface area contributed by atoms with Crippen LogP contribution < -0.4 is 0 Å². The van der Waals surface area contributed by atoms with Crippen LogP contribution in [0.25, 0.3) is 0 Å². The van der Waals surface area contributed by atoms with E-state index in [1.54, 1.807) is 0 Å². The standard InChI is InChI=1S/C44H81O8/c1-5-9-13-17-20-22-24-27-31-35-43(40(49)37(46)32-28-16-12-8-4,41(50)38(47)33-29-25-19-15-11-7-3)44(52,36-45)42(51)39(48)34-30-26-23-21-18-14-10-6-2/h37-39,46-48,52H,5-35H2,1-4H3. The van der Waals surface area contributed by atoms with Gasteiger partial charge in [0.05, 0.1) is 0 Å². The van der Waals surface area contributed by atoms with Crippen molar-refractivity contribution in [2.45, 2.75) is 251 Å². The summed E-state index contributed by atoms with van der Waals surface area (Å²) in [5.41, 5.74) is -6.12. The van der Waals surface area contributed by atoms with Crippen LogP contribution in [0.1, 0.15) is 227 Å². The fourth-order valence-corrected chi connectivity index (χ4v) is 7.51. The van der Waals surface area contributed by atoms with E-state index in [1.807, 2.05) is 6.92 Å². The monoisotopic (exact) mass is 738 g/mol. The third-order valence-corrected chi connectivity index (χ3v) is 11.0. The van der Waals surface area contributed by atoms with Crippen molar-refractivity contribution in [3.8, 4) is 0 Å². The van der Waals surface area contributed by atoms with E-state index in [0.717, 1.165) is 122 Å². The summed E-state index contributed by atoms with van der Waals surface area (Å²) in [5, 5.41) is 45.9. The van der Waals surface area contributed by atoms with E-state index in [0.29, 0.717) is 25.7 Å². The predicted molar refractivity (Wildman–Crippen MR) is 212 cm³/mol. The molecule has 5 atom stereocenters. The molecular weight excluding hydrogens is 656 g/mol. The van der Waals surface area contributed by atoms with E-state index in [-0.39, 0.29) is 25.7 Å². The van der Waals surface area contributed by atoms with Crippen molar-refractivity contribution in [1.29, 1.82) is 0 Å². The third kappa shape index (κ3) is 18.7. The van der Waals surface area contributed by atoms with E-state index in [1.165, 1.54) is 25.5 Å². The molecular formula is C44H81O8. The second-order valence-electron chi connectivity index (χ2n) is 15.6. The summed E-state index contributed by atoms with van der Waals surface area (Å²) in [7, 11) is 0. The van der Waals surface area contributed by atoms with Gasteiger partial charge in [0.25, 0.3) is 0 Å². The first-order valence-corrected chi connectivity index (χ1v) is 21.8. The van der Waals surface area contributed by atoms with Crippen LogP contribution in [0.5, 0.6) is 0 Å². The lowest BCUT2D eigenvalue weighted by atomic mass is 9.58. The number of hydrogen-bond donors (Lipinski definition) is 4. The lowest BCUT2D eigenvalue weighted by Crippen LogP contribution is -2.68. The molecule has 0 aromatic heterocycles. The average Bonchev–Trinajstić information content (AvgIpc) is 3.15. The van der Waals surface area contributed by atoms with Gasteiger partial charge in [0.1, 0.15) is 23.7 Å². The number of rotatable bonds is 39. The van der Waals surface area contributed by atoms with Crippen molar-refractivity contribution in [3.05, 3.63) is 0 Å². The maximum atomic E-state index is 14.5. The zero-order valence-corrected chi connectivity index (χ0v) is 34.1. The van der Waals surface area contributed by atoms with Gasteiger partial charge in [-0.2, -0.15) is 0 Å². The molecule has 8 heteroatoms. The molecule has 0 aromatic carbocycles. The first-order chi connectivity index (χ1) is 25.0. The van der Waals surface area contributed by atoms with Gasteiger partial charge in [-0.1, -0.05) is 201 Å². The SMILES string of the molecule is CCCCCCCCCCCC(C(=O)C(O)CCCCCC)(C(=O)C(O)CCCCCCCC)C(O)([C]=O)C(=O)C(O)CCCCCCCCCC. The van der Waals surface area contributed by atoms with Gasteiger partial charge in [0.2, 0.25) is 17.7 Å². The van der Waals surface area contributed by atoms with Crippen molar-refractivity contribution in [2.75, 3.05) is 0 Å². The van der Waals surface area contributed by atoms with Gasteiger partial charge in [-0.25, -0.2) is 0 Å². The van der Waals surface area contributed by atoms with Crippen LogP contribution in [0.3, 0.4) is 0 Å². The normalized spacial score (nSPS) is 15.8. The molecule has 0 heterocycles. The van der Waals surface area contributed by atoms with Crippen LogP contribution in [0.2, 0.25) is 0 Å². The highest BCUT2D eigenvalue weighted by Gasteiger charge is 2.67. The van der Waals surface area contributed by atoms with Gasteiger partial charge >= 0.3 is 0 Å². The number of carbonyl (C=O) groups excluding carboxylic acids is 4. The van der Waals surface area contributed by atoms with Gasteiger partial charge in [0.15, 0.2) is 11.6 Å². The quantitative estimate of drug-likeness (QED) is 0.0360. The lowest BCUT2D eigenvalue weighted by Gasteiger charge is -2.43. The Kier molecular flexibility index (Phi) is 30.9. The van der Waals surface area contributed by atoms with Crippen LogP contribution in [-0.2, 0) is 19.2 Å². The predicted octanol–water partition coefficient (Wildman–Crippen LogP) is 9.78. The Hall–Kier alpha value is -1.48. The molecule has 0 aliphatic carbocycles. The number of ketones is 3. The number of unbranched alkanes of at least 4 members (excludes halogenated alkanes) is 23. The van der Waals surface area contributed by atoms with Gasteiger partial charge < -0.3 is 20.4 Å². The summed E-state index contributed by atoms with van der Waals surface area (Å²) in [4.78, 5) is 55.9. The van der Waals surface area contributed by atoms with E-state index in [9.17, 15) is 39.6 Å². The van der Waals surface area contributed by atoms with Crippen molar-refractivity contribution in [1.82, 2.24) is 0 Å². The van der Waals surface area contributed by atoms with Gasteiger partial charge in [-0.15, -0.1) is 0 Å². The molecule has 0 saturated heterocycles. The van der Waals surface area contributed by atoms with Crippen molar-refractivity contribution < 1.29 is 39.6 Å². The van der Waals surface area contributed by atoms with Crippen LogP contribution in [0.4, 0.5) is 0 Å². The summed E-state index contributed by atoms with van der Waals surface area (Å²) in [6, 6.07) is 0. The molecule has 0 aromatic rings. The van der Waals surface area contributed by atoms with Crippen LogP contribution in [0, 0.1) is 5.41 Å². The molecule has 0 aliphatic rings. The Labute approximate surface area is 318 Å². The fraction of sp³-hybridized carbons (Fsp3) is 0.909. The molecule has 0 saturated carbocycles. The summed E-state index contributed by atoms with van der Waals surface area (Å²) >= 11 is 0. The average molecular weight is 738 g/mol. The van der Waals surface area contributed by atoms with Gasteiger partial charge in [0, 0.05) is 0 Å². The molecule has 5 unspecified atom stereocenters. The molecule has 0 rings (SSSR count). The molecule has 4 N–H and O–H groups in total. The minimum atomic E-state index is -3.35. The second-order valence-corrected chi connectivity index (χ2v) is 15.6. The highest BCUT2D eigenvalue weighted by Crippen LogP contribution is 2.43. The Morgan fingerprint density at radius 2 is 0.673 bits per heavy atom. The van der Waals surface area contributed by atoms with E-state index < -0.39 is 53.1 Å². The number of carbonyl (C=O) groups is 3. The highest BCUT2D eigenvalue weighted by atomic mass is 16.3. The molecule has 52 heavy (non-hydrogen) atoms. The molecule has 0 bridgehead atoms.